The van der Waals surface area contributed by atoms with Crippen molar-refractivity contribution >= 4 is 11.8 Å². The van der Waals surface area contributed by atoms with Gasteiger partial charge in [-0.05, 0) is 76.5 Å². The topological polar surface area (TPSA) is 67.9 Å². The molecule has 1 heterocycles. The van der Waals surface area contributed by atoms with E-state index in [0.717, 1.165) is 45.2 Å². The Labute approximate surface area is 179 Å². The number of carbonyl (C=O) groups is 2. The van der Waals surface area contributed by atoms with Crippen LogP contribution < -0.4 is 14.8 Å². The first-order valence-electron chi connectivity index (χ1n) is 11.3. The molecule has 2 aliphatic rings. The van der Waals surface area contributed by atoms with Gasteiger partial charge in [-0.3, -0.25) is 9.59 Å². The van der Waals surface area contributed by atoms with E-state index in [0.29, 0.717) is 30.2 Å². The van der Waals surface area contributed by atoms with Gasteiger partial charge in [-0.2, -0.15) is 0 Å². The van der Waals surface area contributed by atoms with Gasteiger partial charge in [-0.25, -0.2) is 0 Å². The molecular weight excluding hydrogens is 380 g/mol. The number of amides is 2. The number of allylic oxidation sites excluding steroid dienone is 1. The molecule has 6 heteroatoms. The largest absolute Gasteiger partial charge is 0.490 e. The number of hydrogen-bond acceptors (Lipinski definition) is 4. The predicted octanol–water partition coefficient (Wildman–Crippen LogP) is 4.10. The van der Waals surface area contributed by atoms with Gasteiger partial charge in [0.1, 0.15) is 0 Å². The molecule has 1 N–H and O–H groups in total. The summed E-state index contributed by atoms with van der Waals surface area (Å²) in [5.74, 6) is 0.858. The quantitative estimate of drug-likeness (QED) is 0.618. The van der Waals surface area contributed by atoms with Crippen molar-refractivity contribution in [3.05, 3.63) is 35.4 Å². The van der Waals surface area contributed by atoms with Crippen LogP contribution >= 0.6 is 0 Å². The predicted molar refractivity (Wildman–Crippen MR) is 117 cm³/mol. The fourth-order valence-electron chi connectivity index (χ4n) is 3.98. The molecule has 1 saturated heterocycles. The zero-order chi connectivity index (χ0) is 21.2. The highest BCUT2D eigenvalue weighted by Crippen LogP contribution is 2.29. The highest BCUT2D eigenvalue weighted by Gasteiger charge is 2.18. The first kappa shape index (κ1) is 22.2. The Kier molecular flexibility index (Phi) is 8.60. The lowest BCUT2D eigenvalue weighted by Gasteiger charge is -2.26. The summed E-state index contributed by atoms with van der Waals surface area (Å²) in [6, 6.07) is 5.13. The van der Waals surface area contributed by atoms with Crippen LogP contribution in [0.15, 0.2) is 29.8 Å². The zero-order valence-electron chi connectivity index (χ0n) is 18.1. The van der Waals surface area contributed by atoms with Gasteiger partial charge < -0.3 is 19.7 Å². The first-order chi connectivity index (χ1) is 14.7. The van der Waals surface area contributed by atoms with Crippen LogP contribution in [0.2, 0.25) is 0 Å². The number of piperidine rings is 1. The summed E-state index contributed by atoms with van der Waals surface area (Å²) >= 11 is 0. The lowest BCUT2D eigenvalue weighted by atomic mass is 9.97. The molecule has 30 heavy (non-hydrogen) atoms. The van der Waals surface area contributed by atoms with E-state index in [1.54, 1.807) is 18.2 Å². The van der Waals surface area contributed by atoms with E-state index in [1.165, 1.54) is 24.8 Å². The fourth-order valence-corrected chi connectivity index (χ4v) is 3.98. The maximum absolute atomic E-state index is 12.5. The zero-order valence-corrected chi connectivity index (χ0v) is 18.1. The molecule has 1 fully saturated rings. The molecule has 6 nitrogen and oxygen atoms in total. The van der Waals surface area contributed by atoms with Gasteiger partial charge >= 0.3 is 0 Å². The number of ether oxygens (including phenoxy) is 2. The van der Waals surface area contributed by atoms with E-state index in [1.807, 2.05) is 11.8 Å². The number of nitrogens with one attached hydrogen (secondary N) is 1. The van der Waals surface area contributed by atoms with Crippen LogP contribution in [-0.2, 0) is 4.79 Å². The first-order valence-corrected chi connectivity index (χ1v) is 11.3. The van der Waals surface area contributed by atoms with Crippen molar-refractivity contribution in [3.63, 3.8) is 0 Å². The van der Waals surface area contributed by atoms with Crippen LogP contribution in [0.1, 0.15) is 68.6 Å². The highest BCUT2D eigenvalue weighted by atomic mass is 16.5. The number of benzene rings is 1. The number of nitrogens with zero attached hydrogens (tertiary/aromatic N) is 1. The molecule has 3 rings (SSSR count). The number of carbonyl (C=O) groups excluding carboxylic acids is 2. The second kappa shape index (κ2) is 11.6. The minimum atomic E-state index is -0.122. The maximum Gasteiger partial charge on any atom is 0.260 e. The number of likely N-dealkylation sites (tertiary alicyclic amines) is 1. The summed E-state index contributed by atoms with van der Waals surface area (Å²) < 4.78 is 11.4. The van der Waals surface area contributed by atoms with Crippen molar-refractivity contribution in [3.8, 4) is 11.5 Å². The van der Waals surface area contributed by atoms with Gasteiger partial charge in [-0.1, -0.05) is 11.6 Å². The molecule has 0 atom stereocenters. The molecule has 1 aromatic carbocycles. The molecule has 0 unspecified atom stereocenters. The molecule has 0 bridgehead atoms. The number of hydrogen-bond donors (Lipinski definition) is 1. The van der Waals surface area contributed by atoms with Gasteiger partial charge in [0.05, 0.1) is 6.61 Å². The Morgan fingerprint density at radius 3 is 2.60 bits per heavy atom. The molecular formula is C24H34N2O4. The van der Waals surface area contributed by atoms with E-state index < -0.39 is 0 Å². The van der Waals surface area contributed by atoms with Crippen molar-refractivity contribution in [2.45, 2.75) is 58.3 Å². The Balaban J connectivity index is 1.54. The summed E-state index contributed by atoms with van der Waals surface area (Å²) in [4.78, 5) is 26.7. The average Bonchev–Trinajstić information content (AvgIpc) is 2.79. The van der Waals surface area contributed by atoms with Crippen LogP contribution in [0, 0.1) is 0 Å². The van der Waals surface area contributed by atoms with E-state index in [2.05, 4.69) is 11.4 Å². The molecule has 2 amide bonds. The van der Waals surface area contributed by atoms with Crippen LogP contribution in [0.25, 0.3) is 0 Å². The van der Waals surface area contributed by atoms with Crippen molar-refractivity contribution in [2.24, 2.45) is 0 Å². The van der Waals surface area contributed by atoms with Crippen molar-refractivity contribution < 1.29 is 19.1 Å². The normalized spacial score (nSPS) is 16.6. The average molecular weight is 415 g/mol. The second-order valence-corrected chi connectivity index (χ2v) is 7.94. The SMILES string of the molecule is CCOc1cc(C(=O)NCCC2=CCCCC2)ccc1OCC(=O)N1CCCCC1. The van der Waals surface area contributed by atoms with E-state index >= 15 is 0 Å². The van der Waals surface area contributed by atoms with Gasteiger partial charge in [0.15, 0.2) is 18.1 Å². The van der Waals surface area contributed by atoms with Crippen LogP contribution in [0.5, 0.6) is 11.5 Å². The standard InChI is InChI=1S/C24H34N2O4/c1-2-29-22-17-20(24(28)25-14-13-19-9-5-3-6-10-19)11-12-21(22)30-18-23(27)26-15-7-4-8-16-26/h9,11-12,17H,2-8,10,13-16,18H2,1H3,(H,25,28). The van der Waals surface area contributed by atoms with Crippen molar-refractivity contribution in [2.75, 3.05) is 32.8 Å². The van der Waals surface area contributed by atoms with Crippen LogP contribution in [0.4, 0.5) is 0 Å². The molecule has 1 aliphatic carbocycles. The third-order valence-corrected chi connectivity index (χ3v) is 5.68. The van der Waals surface area contributed by atoms with Gasteiger partial charge in [0.2, 0.25) is 0 Å². The summed E-state index contributed by atoms with van der Waals surface area (Å²) in [5.41, 5.74) is 1.98. The van der Waals surface area contributed by atoms with Gasteiger partial charge in [0.25, 0.3) is 11.8 Å². The van der Waals surface area contributed by atoms with Crippen LogP contribution in [0.3, 0.4) is 0 Å². The minimum Gasteiger partial charge on any atom is -0.490 e. The molecule has 164 valence electrons. The summed E-state index contributed by atoms with van der Waals surface area (Å²) in [6.07, 6.45) is 11.3. The van der Waals surface area contributed by atoms with E-state index in [-0.39, 0.29) is 18.4 Å². The summed E-state index contributed by atoms with van der Waals surface area (Å²) in [6.45, 7) is 4.56. The fraction of sp³-hybridized carbons (Fsp3) is 0.583. The molecule has 1 aromatic rings. The van der Waals surface area contributed by atoms with E-state index in [4.69, 9.17) is 9.47 Å². The Hall–Kier alpha value is -2.50. The Morgan fingerprint density at radius 1 is 1.03 bits per heavy atom. The van der Waals surface area contributed by atoms with Crippen molar-refractivity contribution in [1.29, 1.82) is 0 Å². The van der Waals surface area contributed by atoms with E-state index in [9.17, 15) is 9.59 Å². The maximum atomic E-state index is 12.5. The monoisotopic (exact) mass is 414 g/mol. The molecule has 0 spiro atoms. The molecule has 1 aliphatic heterocycles. The minimum absolute atomic E-state index is 0.00372. The third kappa shape index (κ3) is 6.51. The lowest BCUT2D eigenvalue weighted by molar-refractivity contribution is -0.134. The molecule has 0 saturated carbocycles. The highest BCUT2D eigenvalue weighted by molar-refractivity contribution is 5.94. The second-order valence-electron chi connectivity index (χ2n) is 7.94. The Bertz CT molecular complexity index is 754. The smallest absolute Gasteiger partial charge is 0.260 e. The Morgan fingerprint density at radius 2 is 1.87 bits per heavy atom. The third-order valence-electron chi connectivity index (χ3n) is 5.68. The van der Waals surface area contributed by atoms with Gasteiger partial charge in [-0.15, -0.1) is 0 Å². The lowest BCUT2D eigenvalue weighted by Crippen LogP contribution is -2.38. The molecule has 0 radical (unpaired) electrons. The van der Waals surface area contributed by atoms with Crippen LogP contribution in [-0.4, -0.2) is 49.6 Å². The summed E-state index contributed by atoms with van der Waals surface area (Å²) in [7, 11) is 0. The van der Waals surface area contributed by atoms with Crippen molar-refractivity contribution in [1.82, 2.24) is 10.2 Å². The summed E-state index contributed by atoms with van der Waals surface area (Å²) in [5, 5.41) is 2.99. The molecule has 0 aromatic heterocycles. The number of rotatable bonds is 9. The van der Waals surface area contributed by atoms with Gasteiger partial charge in [0, 0.05) is 25.2 Å².